The van der Waals surface area contributed by atoms with E-state index in [9.17, 15) is 0 Å². The van der Waals surface area contributed by atoms with E-state index in [0.717, 1.165) is 19.4 Å². The van der Waals surface area contributed by atoms with Crippen molar-refractivity contribution in [3.05, 3.63) is 29.3 Å². The van der Waals surface area contributed by atoms with E-state index in [2.05, 4.69) is 42.4 Å². The van der Waals surface area contributed by atoms with Gasteiger partial charge in [-0.1, -0.05) is 19.1 Å². The molecule has 0 radical (unpaired) electrons. The summed E-state index contributed by atoms with van der Waals surface area (Å²) in [6.45, 7) is 4.49. The van der Waals surface area contributed by atoms with Crippen LogP contribution in [0.5, 0.6) is 0 Å². The third-order valence-corrected chi connectivity index (χ3v) is 4.06. The van der Waals surface area contributed by atoms with Gasteiger partial charge in [0.05, 0.1) is 0 Å². The Morgan fingerprint density at radius 1 is 1.42 bits per heavy atom. The summed E-state index contributed by atoms with van der Waals surface area (Å²) in [6.07, 6.45) is 4.35. The van der Waals surface area contributed by atoms with E-state index in [1.807, 2.05) is 0 Å². The van der Waals surface area contributed by atoms with Gasteiger partial charge in [-0.3, -0.25) is 0 Å². The number of nitrogens with zero attached hydrogens (tertiary/aromatic N) is 1. The van der Waals surface area contributed by atoms with E-state index in [0.29, 0.717) is 6.04 Å². The summed E-state index contributed by atoms with van der Waals surface area (Å²) in [5.41, 5.74) is 4.21. The third-order valence-electron chi connectivity index (χ3n) is 4.06. The van der Waals surface area contributed by atoms with Gasteiger partial charge in [0.15, 0.2) is 0 Å². The van der Waals surface area contributed by atoms with Gasteiger partial charge >= 0.3 is 0 Å². The minimum atomic E-state index is 0.264. The van der Waals surface area contributed by atoms with Crippen LogP contribution in [-0.2, 0) is 13.0 Å². The van der Waals surface area contributed by atoms with E-state index in [1.54, 1.807) is 0 Å². The average Bonchev–Trinajstić information content (AvgIpc) is 2.43. The molecule has 3 nitrogen and oxygen atoms in total. The molecule has 106 valence electrons. The SMILES string of the molecule is CCC(CCO)NCc1ccc2c(c1)CCCN2C. The highest BCUT2D eigenvalue weighted by molar-refractivity contribution is 5.56. The van der Waals surface area contributed by atoms with Crippen molar-refractivity contribution in [3.63, 3.8) is 0 Å². The largest absolute Gasteiger partial charge is 0.396 e. The molecule has 0 amide bonds. The van der Waals surface area contributed by atoms with Crippen molar-refractivity contribution in [3.8, 4) is 0 Å². The maximum Gasteiger partial charge on any atom is 0.0445 e. The highest BCUT2D eigenvalue weighted by Gasteiger charge is 2.13. The van der Waals surface area contributed by atoms with Gasteiger partial charge in [-0.15, -0.1) is 0 Å². The van der Waals surface area contributed by atoms with E-state index < -0.39 is 0 Å². The fourth-order valence-corrected chi connectivity index (χ4v) is 2.82. The molecule has 0 aliphatic carbocycles. The van der Waals surface area contributed by atoms with Gasteiger partial charge in [-0.25, -0.2) is 0 Å². The first kappa shape index (κ1) is 14.4. The highest BCUT2D eigenvalue weighted by atomic mass is 16.3. The zero-order valence-electron chi connectivity index (χ0n) is 12.2. The zero-order chi connectivity index (χ0) is 13.7. The van der Waals surface area contributed by atoms with Crippen molar-refractivity contribution < 1.29 is 5.11 Å². The summed E-state index contributed by atoms with van der Waals surface area (Å²) >= 11 is 0. The van der Waals surface area contributed by atoms with Crippen molar-refractivity contribution in [2.24, 2.45) is 0 Å². The molecule has 1 aromatic rings. The Morgan fingerprint density at radius 3 is 3.00 bits per heavy atom. The van der Waals surface area contributed by atoms with Gasteiger partial charge in [-0.05, 0) is 42.9 Å². The Labute approximate surface area is 116 Å². The van der Waals surface area contributed by atoms with Crippen LogP contribution in [0.2, 0.25) is 0 Å². The fourth-order valence-electron chi connectivity index (χ4n) is 2.82. The van der Waals surface area contributed by atoms with E-state index in [4.69, 9.17) is 5.11 Å². The van der Waals surface area contributed by atoms with Crippen molar-refractivity contribution in [2.45, 2.75) is 45.2 Å². The summed E-state index contributed by atoms with van der Waals surface area (Å²) < 4.78 is 0. The lowest BCUT2D eigenvalue weighted by Gasteiger charge is -2.28. The summed E-state index contributed by atoms with van der Waals surface area (Å²) in [5.74, 6) is 0. The molecule has 2 rings (SSSR count). The highest BCUT2D eigenvalue weighted by Crippen LogP contribution is 2.26. The maximum atomic E-state index is 9.01. The van der Waals surface area contributed by atoms with Crippen LogP contribution in [0.25, 0.3) is 0 Å². The van der Waals surface area contributed by atoms with Crippen LogP contribution in [0.1, 0.15) is 37.3 Å². The molecule has 3 heteroatoms. The van der Waals surface area contributed by atoms with Crippen LogP contribution in [0.4, 0.5) is 5.69 Å². The van der Waals surface area contributed by atoms with Crippen molar-refractivity contribution >= 4 is 5.69 Å². The zero-order valence-corrected chi connectivity index (χ0v) is 12.2. The normalized spacial score (nSPS) is 16.3. The number of rotatable bonds is 6. The Hall–Kier alpha value is -1.06. The number of hydrogen-bond acceptors (Lipinski definition) is 3. The summed E-state index contributed by atoms with van der Waals surface area (Å²) in [4.78, 5) is 2.34. The topological polar surface area (TPSA) is 35.5 Å². The van der Waals surface area contributed by atoms with E-state index in [-0.39, 0.29) is 6.61 Å². The summed E-state index contributed by atoms with van der Waals surface area (Å²) in [5, 5.41) is 12.5. The van der Waals surface area contributed by atoms with Crippen LogP contribution in [0.3, 0.4) is 0 Å². The monoisotopic (exact) mass is 262 g/mol. The predicted molar refractivity (Wildman–Crippen MR) is 80.7 cm³/mol. The Kier molecular flexibility index (Phi) is 5.23. The summed E-state index contributed by atoms with van der Waals surface area (Å²) in [6, 6.07) is 7.23. The second kappa shape index (κ2) is 6.92. The molecule has 0 spiro atoms. The van der Waals surface area contributed by atoms with Crippen molar-refractivity contribution in [2.75, 3.05) is 25.1 Å². The molecule has 1 aromatic carbocycles. The molecule has 1 aliphatic heterocycles. The minimum Gasteiger partial charge on any atom is -0.396 e. The number of benzene rings is 1. The van der Waals surface area contributed by atoms with Gasteiger partial charge in [0.2, 0.25) is 0 Å². The van der Waals surface area contributed by atoms with Gasteiger partial charge in [0.25, 0.3) is 0 Å². The van der Waals surface area contributed by atoms with Crippen LogP contribution in [-0.4, -0.2) is 31.3 Å². The van der Waals surface area contributed by atoms with Gasteiger partial charge < -0.3 is 15.3 Å². The lowest BCUT2D eigenvalue weighted by Crippen LogP contribution is -2.29. The van der Waals surface area contributed by atoms with Gasteiger partial charge in [0, 0.05) is 38.5 Å². The number of hydrogen-bond donors (Lipinski definition) is 2. The minimum absolute atomic E-state index is 0.264. The molecule has 0 saturated heterocycles. The molecule has 0 saturated carbocycles. The summed E-state index contributed by atoms with van der Waals surface area (Å²) in [7, 11) is 2.17. The second-order valence-corrected chi connectivity index (χ2v) is 5.49. The molecule has 1 heterocycles. The second-order valence-electron chi connectivity index (χ2n) is 5.49. The van der Waals surface area contributed by atoms with Gasteiger partial charge in [0.1, 0.15) is 0 Å². The smallest absolute Gasteiger partial charge is 0.0445 e. The molecular weight excluding hydrogens is 236 g/mol. The molecule has 0 fully saturated rings. The molecule has 1 aliphatic rings. The molecule has 19 heavy (non-hydrogen) atoms. The number of anilines is 1. The first-order valence-corrected chi connectivity index (χ1v) is 7.41. The standard InChI is InChI=1S/C16H26N2O/c1-3-15(8-10-19)17-12-13-6-7-16-14(11-13)5-4-9-18(16)2/h6-7,11,15,17,19H,3-5,8-10,12H2,1-2H3. The molecule has 1 atom stereocenters. The van der Waals surface area contributed by atoms with Crippen LogP contribution in [0.15, 0.2) is 18.2 Å². The van der Waals surface area contributed by atoms with Gasteiger partial charge in [-0.2, -0.15) is 0 Å². The van der Waals surface area contributed by atoms with Crippen LogP contribution >= 0.6 is 0 Å². The molecule has 2 N–H and O–H groups in total. The molecule has 0 bridgehead atoms. The predicted octanol–water partition coefficient (Wildman–Crippen LogP) is 2.32. The molecular formula is C16H26N2O. The lowest BCUT2D eigenvalue weighted by atomic mass is 9.99. The maximum absolute atomic E-state index is 9.01. The fraction of sp³-hybridized carbons (Fsp3) is 0.625. The number of fused-ring (bicyclic) bond motifs is 1. The first-order chi connectivity index (χ1) is 9.24. The van der Waals surface area contributed by atoms with Crippen LogP contribution < -0.4 is 10.2 Å². The molecule has 1 unspecified atom stereocenters. The number of aliphatic hydroxyl groups is 1. The van der Waals surface area contributed by atoms with Crippen molar-refractivity contribution in [1.29, 1.82) is 0 Å². The number of aryl methyl sites for hydroxylation is 1. The van der Waals surface area contributed by atoms with E-state index >= 15 is 0 Å². The third kappa shape index (κ3) is 3.71. The first-order valence-electron chi connectivity index (χ1n) is 7.41. The quantitative estimate of drug-likeness (QED) is 0.826. The number of nitrogens with one attached hydrogen (secondary N) is 1. The lowest BCUT2D eigenvalue weighted by molar-refractivity contribution is 0.262. The van der Waals surface area contributed by atoms with Crippen molar-refractivity contribution in [1.82, 2.24) is 5.32 Å². The molecule has 0 aromatic heterocycles. The Morgan fingerprint density at radius 2 is 2.26 bits per heavy atom. The average molecular weight is 262 g/mol. The number of aliphatic hydroxyl groups excluding tert-OH is 1. The Bertz CT molecular complexity index is 406. The Balaban J connectivity index is 1.98. The van der Waals surface area contributed by atoms with Crippen LogP contribution in [0, 0.1) is 0 Å². The van der Waals surface area contributed by atoms with E-state index in [1.165, 1.54) is 36.2 Å².